The fourth-order valence-electron chi connectivity index (χ4n) is 3.63. The van der Waals surface area contributed by atoms with Gasteiger partial charge in [-0.05, 0) is 51.0 Å². The normalized spacial score (nSPS) is 11.5. The lowest BCUT2D eigenvalue weighted by atomic mass is 10.0. The summed E-state index contributed by atoms with van der Waals surface area (Å²) < 4.78 is 3.45. The number of para-hydroxylation sites is 2. The molecule has 0 amide bonds. The molecule has 1 aromatic heterocycles. The van der Waals surface area contributed by atoms with Gasteiger partial charge >= 0.3 is 0 Å². The van der Waals surface area contributed by atoms with E-state index < -0.39 is 0 Å². The van der Waals surface area contributed by atoms with Crippen molar-refractivity contribution in [3.8, 4) is 5.69 Å². The minimum Gasteiger partial charge on any atom is -0.308 e. The van der Waals surface area contributed by atoms with Crippen LogP contribution in [0.3, 0.4) is 0 Å². The second-order valence-electron chi connectivity index (χ2n) is 5.98. The predicted molar refractivity (Wildman–Crippen MR) is 106 cm³/mol. The van der Waals surface area contributed by atoms with Crippen molar-refractivity contribution in [3.63, 3.8) is 0 Å². The highest BCUT2D eigenvalue weighted by Gasteiger charge is 2.15. The molecule has 0 aliphatic carbocycles. The van der Waals surface area contributed by atoms with Crippen LogP contribution in [0.5, 0.6) is 0 Å². The van der Waals surface area contributed by atoms with Crippen LogP contribution in [-0.2, 0) is 0 Å². The zero-order valence-electron chi connectivity index (χ0n) is 12.9. The summed E-state index contributed by atoms with van der Waals surface area (Å²) in [6.07, 6.45) is 0. The molecule has 0 fully saturated rings. The fourth-order valence-corrected chi connectivity index (χ4v) is 4.09. The van der Waals surface area contributed by atoms with Gasteiger partial charge < -0.3 is 4.57 Å². The van der Waals surface area contributed by atoms with Crippen LogP contribution < -0.4 is 0 Å². The van der Waals surface area contributed by atoms with Crippen LogP contribution in [0.1, 0.15) is 0 Å². The number of nitrogens with zero attached hydrogens (tertiary/aromatic N) is 1. The molecule has 24 heavy (non-hydrogen) atoms. The summed E-state index contributed by atoms with van der Waals surface area (Å²) >= 11 is 3.72. The van der Waals surface area contributed by atoms with E-state index in [2.05, 4.69) is 105 Å². The molecule has 0 bridgehead atoms. The predicted octanol–water partition coefficient (Wildman–Crippen LogP) is 6.70. The topological polar surface area (TPSA) is 4.93 Å². The number of rotatable bonds is 1. The van der Waals surface area contributed by atoms with Gasteiger partial charge in [-0.3, -0.25) is 0 Å². The number of benzene rings is 4. The highest BCUT2D eigenvalue weighted by Crippen LogP contribution is 2.37. The zero-order chi connectivity index (χ0) is 16.1. The smallest absolute Gasteiger partial charge is 0.0604 e. The van der Waals surface area contributed by atoms with Gasteiger partial charge in [0.25, 0.3) is 0 Å². The molecular weight excluding hydrogens is 358 g/mol. The SMILES string of the molecule is Brc1ccccc1-n1c2ccccc2c2c3ccccc3ccc21. The molecule has 2 heteroatoms. The molecule has 5 aromatic rings. The van der Waals surface area contributed by atoms with E-state index in [1.54, 1.807) is 0 Å². The van der Waals surface area contributed by atoms with E-state index in [0.29, 0.717) is 0 Å². The van der Waals surface area contributed by atoms with E-state index in [0.717, 1.165) is 4.47 Å². The fraction of sp³-hybridized carbons (Fsp3) is 0. The van der Waals surface area contributed by atoms with Gasteiger partial charge in [0.05, 0.1) is 16.7 Å². The first kappa shape index (κ1) is 13.8. The molecular formula is C22H14BrN. The first-order valence-corrected chi connectivity index (χ1v) is 8.80. The molecule has 0 aliphatic rings. The molecule has 0 saturated heterocycles. The minimum absolute atomic E-state index is 1.10. The Morgan fingerprint density at radius 2 is 1.29 bits per heavy atom. The minimum atomic E-state index is 1.10. The van der Waals surface area contributed by atoms with Gasteiger partial charge in [-0.2, -0.15) is 0 Å². The van der Waals surface area contributed by atoms with Gasteiger partial charge in [-0.25, -0.2) is 0 Å². The van der Waals surface area contributed by atoms with E-state index in [1.807, 2.05) is 0 Å². The van der Waals surface area contributed by atoms with Crippen molar-refractivity contribution < 1.29 is 0 Å². The lowest BCUT2D eigenvalue weighted by Gasteiger charge is -2.10. The summed E-state index contributed by atoms with van der Waals surface area (Å²) in [5.74, 6) is 0. The molecule has 5 rings (SSSR count). The van der Waals surface area contributed by atoms with E-state index >= 15 is 0 Å². The second kappa shape index (κ2) is 5.22. The van der Waals surface area contributed by atoms with Crippen molar-refractivity contribution in [3.05, 3.63) is 89.4 Å². The van der Waals surface area contributed by atoms with Crippen LogP contribution in [0.25, 0.3) is 38.3 Å². The van der Waals surface area contributed by atoms with Crippen LogP contribution in [0.2, 0.25) is 0 Å². The van der Waals surface area contributed by atoms with Gasteiger partial charge in [0.1, 0.15) is 0 Å². The van der Waals surface area contributed by atoms with Crippen molar-refractivity contribution in [2.45, 2.75) is 0 Å². The summed E-state index contributed by atoms with van der Waals surface area (Å²) in [6, 6.07) is 30.1. The summed E-state index contributed by atoms with van der Waals surface area (Å²) in [5, 5.41) is 5.19. The van der Waals surface area contributed by atoms with Crippen LogP contribution in [-0.4, -0.2) is 4.57 Å². The maximum atomic E-state index is 3.72. The molecule has 1 nitrogen and oxygen atoms in total. The highest BCUT2D eigenvalue weighted by atomic mass is 79.9. The highest BCUT2D eigenvalue weighted by molar-refractivity contribution is 9.10. The summed E-state index contributed by atoms with van der Waals surface area (Å²) in [5.41, 5.74) is 3.64. The van der Waals surface area contributed by atoms with Gasteiger partial charge in [-0.15, -0.1) is 0 Å². The molecule has 4 aromatic carbocycles. The Kier molecular flexibility index (Phi) is 3.00. The summed E-state index contributed by atoms with van der Waals surface area (Å²) in [4.78, 5) is 0. The van der Waals surface area contributed by atoms with Crippen LogP contribution in [0.15, 0.2) is 89.4 Å². The Balaban J connectivity index is 2.07. The number of halogens is 1. The van der Waals surface area contributed by atoms with Crippen molar-refractivity contribution in [2.75, 3.05) is 0 Å². The quantitative estimate of drug-likeness (QED) is 0.309. The maximum absolute atomic E-state index is 3.72. The van der Waals surface area contributed by atoms with Crippen molar-refractivity contribution in [2.24, 2.45) is 0 Å². The molecule has 1 heterocycles. The molecule has 0 spiro atoms. The van der Waals surface area contributed by atoms with Gasteiger partial charge in [0.2, 0.25) is 0 Å². The monoisotopic (exact) mass is 371 g/mol. The second-order valence-corrected chi connectivity index (χ2v) is 6.84. The third-order valence-electron chi connectivity index (χ3n) is 4.66. The Labute approximate surface area is 148 Å². The molecule has 114 valence electrons. The number of aromatic nitrogens is 1. The van der Waals surface area contributed by atoms with E-state index in [-0.39, 0.29) is 0 Å². The summed E-state index contributed by atoms with van der Waals surface area (Å²) in [7, 11) is 0. The van der Waals surface area contributed by atoms with Crippen molar-refractivity contribution >= 4 is 48.5 Å². The Morgan fingerprint density at radius 3 is 2.17 bits per heavy atom. The first-order valence-electron chi connectivity index (χ1n) is 8.00. The third kappa shape index (κ3) is 1.87. The van der Waals surface area contributed by atoms with Crippen molar-refractivity contribution in [1.29, 1.82) is 0 Å². The molecule has 0 aliphatic heterocycles. The third-order valence-corrected chi connectivity index (χ3v) is 5.33. The maximum Gasteiger partial charge on any atom is 0.0604 e. The Morgan fingerprint density at radius 1 is 0.583 bits per heavy atom. The van der Waals surface area contributed by atoms with E-state index in [9.17, 15) is 0 Å². The van der Waals surface area contributed by atoms with Gasteiger partial charge in [0.15, 0.2) is 0 Å². The van der Waals surface area contributed by atoms with Gasteiger partial charge in [0, 0.05) is 15.2 Å². The Hall–Kier alpha value is -2.58. The Bertz CT molecular complexity index is 1220. The molecule has 0 radical (unpaired) electrons. The van der Waals surface area contributed by atoms with Crippen LogP contribution in [0, 0.1) is 0 Å². The average molecular weight is 372 g/mol. The lowest BCUT2D eigenvalue weighted by Crippen LogP contribution is -1.94. The van der Waals surface area contributed by atoms with E-state index in [1.165, 1.54) is 38.3 Å². The van der Waals surface area contributed by atoms with Gasteiger partial charge in [-0.1, -0.05) is 60.7 Å². The summed E-state index contributed by atoms with van der Waals surface area (Å²) in [6.45, 7) is 0. The average Bonchev–Trinajstić information content (AvgIpc) is 2.97. The molecule has 0 N–H and O–H groups in total. The number of hydrogen-bond acceptors (Lipinski definition) is 0. The zero-order valence-corrected chi connectivity index (χ0v) is 14.5. The molecule has 0 atom stereocenters. The molecule has 0 unspecified atom stereocenters. The first-order chi connectivity index (χ1) is 11.8. The molecule has 0 saturated carbocycles. The number of fused-ring (bicyclic) bond motifs is 5. The largest absolute Gasteiger partial charge is 0.308 e. The standard InChI is InChI=1S/C22H14BrN/c23-18-10-4-6-12-20(18)24-19-11-5-3-9-17(19)22-16-8-2-1-7-15(16)13-14-21(22)24/h1-14H. The van der Waals surface area contributed by atoms with Crippen LogP contribution >= 0.6 is 15.9 Å². The lowest BCUT2D eigenvalue weighted by molar-refractivity contribution is 1.17. The number of hydrogen-bond donors (Lipinski definition) is 0. The van der Waals surface area contributed by atoms with Crippen LogP contribution in [0.4, 0.5) is 0 Å². The van der Waals surface area contributed by atoms with E-state index in [4.69, 9.17) is 0 Å². The van der Waals surface area contributed by atoms with Crippen molar-refractivity contribution in [1.82, 2.24) is 4.57 Å².